The van der Waals surface area contributed by atoms with Crippen LogP contribution in [0.2, 0.25) is 0 Å². The molecule has 2 fully saturated rings. The Hall–Kier alpha value is -1.30. The molecule has 0 bridgehead atoms. The second kappa shape index (κ2) is 10.5. The van der Waals surface area contributed by atoms with Crippen LogP contribution in [0, 0.1) is 0 Å². The molecule has 1 aliphatic carbocycles. The fourth-order valence-electron chi connectivity index (χ4n) is 3.23. The number of nitrogens with one attached hydrogen (secondary N) is 2. The SMILES string of the molecule is O=C(NCCCOC1CCCCC1)NCCC(=O)N1CCCC1. The predicted octanol–water partition coefficient (Wildman–Crippen LogP) is 2.04. The van der Waals surface area contributed by atoms with Gasteiger partial charge in [-0.3, -0.25) is 4.79 Å². The Kier molecular flexibility index (Phi) is 8.21. The van der Waals surface area contributed by atoms with E-state index in [4.69, 9.17) is 4.74 Å². The first-order valence-electron chi connectivity index (χ1n) is 9.17. The van der Waals surface area contributed by atoms with Crippen LogP contribution in [-0.4, -0.2) is 55.7 Å². The molecule has 0 radical (unpaired) electrons. The second-order valence-corrected chi connectivity index (χ2v) is 6.50. The largest absolute Gasteiger partial charge is 0.378 e. The average Bonchev–Trinajstić information content (AvgIpc) is 3.10. The zero-order chi connectivity index (χ0) is 16.3. The van der Waals surface area contributed by atoms with Gasteiger partial charge in [0.15, 0.2) is 0 Å². The Balaban J connectivity index is 1.41. The van der Waals surface area contributed by atoms with Crippen molar-refractivity contribution in [3.63, 3.8) is 0 Å². The van der Waals surface area contributed by atoms with E-state index in [9.17, 15) is 9.59 Å². The van der Waals surface area contributed by atoms with Crippen molar-refractivity contribution in [1.29, 1.82) is 0 Å². The molecule has 0 aromatic carbocycles. The molecule has 0 aromatic rings. The molecule has 3 amide bonds. The maximum atomic E-state index is 11.8. The highest BCUT2D eigenvalue weighted by atomic mass is 16.5. The van der Waals surface area contributed by atoms with Gasteiger partial charge < -0.3 is 20.3 Å². The van der Waals surface area contributed by atoms with Crippen molar-refractivity contribution in [1.82, 2.24) is 15.5 Å². The monoisotopic (exact) mass is 325 g/mol. The summed E-state index contributed by atoms with van der Waals surface area (Å²) in [4.78, 5) is 25.3. The molecule has 2 N–H and O–H groups in total. The fraction of sp³-hybridized carbons (Fsp3) is 0.882. The topological polar surface area (TPSA) is 70.7 Å². The number of rotatable bonds is 8. The van der Waals surface area contributed by atoms with Crippen molar-refractivity contribution in [2.24, 2.45) is 0 Å². The van der Waals surface area contributed by atoms with Crippen LogP contribution in [0.4, 0.5) is 4.79 Å². The number of ether oxygens (including phenoxy) is 1. The van der Waals surface area contributed by atoms with Crippen LogP contribution >= 0.6 is 0 Å². The van der Waals surface area contributed by atoms with Crippen molar-refractivity contribution in [3.8, 4) is 0 Å². The van der Waals surface area contributed by atoms with Gasteiger partial charge in [-0.25, -0.2) is 4.79 Å². The molecule has 6 nitrogen and oxygen atoms in total. The Morgan fingerprint density at radius 3 is 2.39 bits per heavy atom. The highest BCUT2D eigenvalue weighted by Crippen LogP contribution is 2.20. The zero-order valence-electron chi connectivity index (χ0n) is 14.1. The lowest BCUT2D eigenvalue weighted by molar-refractivity contribution is -0.129. The van der Waals surface area contributed by atoms with Crippen LogP contribution in [-0.2, 0) is 9.53 Å². The van der Waals surface area contributed by atoms with E-state index in [1.54, 1.807) is 0 Å². The molecule has 23 heavy (non-hydrogen) atoms. The van der Waals surface area contributed by atoms with E-state index < -0.39 is 0 Å². The summed E-state index contributed by atoms with van der Waals surface area (Å²) in [5, 5.41) is 5.55. The van der Waals surface area contributed by atoms with Gasteiger partial charge in [0.1, 0.15) is 0 Å². The molecule has 132 valence electrons. The van der Waals surface area contributed by atoms with Gasteiger partial charge >= 0.3 is 6.03 Å². The minimum absolute atomic E-state index is 0.142. The van der Waals surface area contributed by atoms with Crippen LogP contribution in [0.25, 0.3) is 0 Å². The number of nitrogens with zero attached hydrogens (tertiary/aromatic N) is 1. The van der Waals surface area contributed by atoms with E-state index in [1.165, 1.54) is 32.1 Å². The van der Waals surface area contributed by atoms with E-state index in [0.717, 1.165) is 32.4 Å². The Morgan fingerprint density at radius 2 is 1.65 bits per heavy atom. The van der Waals surface area contributed by atoms with Crippen LogP contribution in [0.3, 0.4) is 0 Å². The van der Waals surface area contributed by atoms with Gasteiger partial charge in [-0.1, -0.05) is 19.3 Å². The number of likely N-dealkylation sites (tertiary alicyclic amines) is 1. The van der Waals surface area contributed by atoms with Crippen molar-refractivity contribution < 1.29 is 14.3 Å². The summed E-state index contributed by atoms with van der Waals surface area (Å²) >= 11 is 0. The molecule has 2 aliphatic rings. The number of amides is 3. The van der Waals surface area contributed by atoms with Crippen molar-refractivity contribution >= 4 is 11.9 Å². The summed E-state index contributed by atoms with van der Waals surface area (Å²) in [6.07, 6.45) is 10.1. The summed E-state index contributed by atoms with van der Waals surface area (Å²) in [5.41, 5.74) is 0. The van der Waals surface area contributed by atoms with E-state index >= 15 is 0 Å². The molecule has 1 heterocycles. The third-order valence-corrected chi connectivity index (χ3v) is 4.60. The van der Waals surface area contributed by atoms with Gasteiger partial charge in [0.05, 0.1) is 6.10 Å². The van der Waals surface area contributed by atoms with Crippen LogP contribution < -0.4 is 10.6 Å². The maximum Gasteiger partial charge on any atom is 0.314 e. The van der Waals surface area contributed by atoms with Crippen LogP contribution in [0.1, 0.15) is 57.8 Å². The highest BCUT2D eigenvalue weighted by Gasteiger charge is 2.17. The zero-order valence-corrected chi connectivity index (χ0v) is 14.1. The van der Waals surface area contributed by atoms with Gasteiger partial charge in [-0.15, -0.1) is 0 Å². The number of hydrogen-bond donors (Lipinski definition) is 2. The Bertz CT molecular complexity index is 364. The third-order valence-electron chi connectivity index (χ3n) is 4.60. The van der Waals surface area contributed by atoms with Gasteiger partial charge in [-0.05, 0) is 32.1 Å². The lowest BCUT2D eigenvalue weighted by atomic mass is 9.98. The fourth-order valence-corrected chi connectivity index (χ4v) is 3.23. The summed E-state index contributed by atoms with van der Waals surface area (Å²) < 4.78 is 5.81. The minimum atomic E-state index is -0.197. The molecule has 2 rings (SSSR count). The molecular weight excluding hydrogens is 294 g/mol. The molecule has 0 aromatic heterocycles. The highest BCUT2D eigenvalue weighted by molar-refractivity contribution is 5.78. The summed E-state index contributed by atoms with van der Waals surface area (Å²) in [6, 6.07) is -0.197. The van der Waals surface area contributed by atoms with E-state index in [1.807, 2.05) is 4.90 Å². The summed E-state index contributed by atoms with van der Waals surface area (Å²) in [5.74, 6) is 0.142. The molecule has 0 unspecified atom stereocenters. The summed E-state index contributed by atoms with van der Waals surface area (Å²) in [6.45, 7) is 3.45. The number of urea groups is 1. The van der Waals surface area contributed by atoms with Crippen LogP contribution in [0.15, 0.2) is 0 Å². The second-order valence-electron chi connectivity index (χ2n) is 6.50. The predicted molar refractivity (Wildman–Crippen MR) is 89.3 cm³/mol. The average molecular weight is 325 g/mol. The van der Waals surface area contributed by atoms with Gasteiger partial charge in [0, 0.05) is 39.2 Å². The maximum absolute atomic E-state index is 11.8. The molecule has 1 aliphatic heterocycles. The lowest BCUT2D eigenvalue weighted by Crippen LogP contribution is -2.39. The standard InChI is InChI=1S/C17H31N3O3/c21-16(20-12-4-5-13-20)9-11-19-17(22)18-10-6-14-23-15-7-2-1-3-8-15/h15H,1-14H2,(H2,18,19,22). The van der Waals surface area contributed by atoms with Crippen molar-refractivity contribution in [2.75, 3.05) is 32.8 Å². The van der Waals surface area contributed by atoms with E-state index in [-0.39, 0.29) is 11.9 Å². The lowest BCUT2D eigenvalue weighted by Gasteiger charge is -2.21. The van der Waals surface area contributed by atoms with E-state index in [2.05, 4.69) is 10.6 Å². The van der Waals surface area contributed by atoms with Crippen molar-refractivity contribution in [2.45, 2.75) is 63.9 Å². The van der Waals surface area contributed by atoms with Crippen molar-refractivity contribution in [3.05, 3.63) is 0 Å². The quantitative estimate of drug-likeness (QED) is 0.671. The molecule has 1 saturated carbocycles. The smallest absolute Gasteiger partial charge is 0.314 e. The van der Waals surface area contributed by atoms with E-state index in [0.29, 0.717) is 32.2 Å². The molecule has 0 spiro atoms. The number of carbonyl (C=O) groups is 2. The first kappa shape index (κ1) is 18.0. The van der Waals surface area contributed by atoms with Gasteiger partial charge in [-0.2, -0.15) is 0 Å². The Labute approximate surface area is 139 Å². The van der Waals surface area contributed by atoms with Gasteiger partial charge in [0.25, 0.3) is 0 Å². The molecular formula is C17H31N3O3. The normalized spacial score (nSPS) is 18.9. The molecule has 1 saturated heterocycles. The first-order chi connectivity index (χ1) is 11.3. The molecule has 0 atom stereocenters. The van der Waals surface area contributed by atoms with Crippen LogP contribution in [0.5, 0.6) is 0 Å². The summed E-state index contributed by atoms with van der Waals surface area (Å²) in [7, 11) is 0. The number of hydrogen-bond acceptors (Lipinski definition) is 3. The minimum Gasteiger partial charge on any atom is -0.378 e. The number of carbonyl (C=O) groups excluding carboxylic acids is 2. The first-order valence-corrected chi connectivity index (χ1v) is 9.17. The molecule has 6 heteroatoms. The van der Waals surface area contributed by atoms with Gasteiger partial charge in [0.2, 0.25) is 5.91 Å². The Morgan fingerprint density at radius 1 is 0.957 bits per heavy atom. The third kappa shape index (κ3) is 7.20.